The van der Waals surface area contributed by atoms with Gasteiger partial charge >= 0.3 is 0 Å². The maximum atomic E-state index is 13.7. The molecular formula is C26H21ClFN3O4. The smallest absolute Gasteiger partial charge is 0.266 e. The van der Waals surface area contributed by atoms with Crippen LogP contribution in [0.3, 0.4) is 0 Å². The van der Waals surface area contributed by atoms with Crippen molar-refractivity contribution in [2.24, 2.45) is 0 Å². The van der Waals surface area contributed by atoms with Crippen LogP contribution in [0.25, 0.3) is 6.08 Å². The van der Waals surface area contributed by atoms with Gasteiger partial charge in [-0.25, -0.2) is 4.39 Å². The Morgan fingerprint density at radius 2 is 1.71 bits per heavy atom. The number of benzene rings is 3. The minimum Gasteiger partial charge on any atom is -0.490 e. The van der Waals surface area contributed by atoms with Crippen LogP contribution in [0, 0.1) is 17.1 Å². The molecule has 2 amide bonds. The summed E-state index contributed by atoms with van der Waals surface area (Å²) in [7, 11) is 0. The van der Waals surface area contributed by atoms with E-state index in [0.29, 0.717) is 28.6 Å². The zero-order valence-corrected chi connectivity index (χ0v) is 19.4. The molecule has 0 radical (unpaired) electrons. The third kappa shape index (κ3) is 7.06. The van der Waals surface area contributed by atoms with Crippen molar-refractivity contribution >= 4 is 40.9 Å². The van der Waals surface area contributed by atoms with E-state index in [2.05, 4.69) is 10.6 Å². The van der Waals surface area contributed by atoms with E-state index >= 15 is 0 Å². The summed E-state index contributed by atoms with van der Waals surface area (Å²) in [5.41, 5.74) is 0.784. The number of carbonyl (C=O) groups excluding carboxylic acids is 2. The first kappa shape index (κ1) is 25.3. The minimum atomic E-state index is -0.622. The molecule has 0 saturated carbocycles. The van der Waals surface area contributed by atoms with Crippen LogP contribution in [0.2, 0.25) is 5.02 Å². The van der Waals surface area contributed by atoms with E-state index in [4.69, 9.17) is 21.1 Å². The number of hydrogen-bond acceptors (Lipinski definition) is 5. The van der Waals surface area contributed by atoms with Gasteiger partial charge in [0.1, 0.15) is 17.5 Å². The van der Waals surface area contributed by atoms with Crippen LogP contribution in [0.5, 0.6) is 11.5 Å². The van der Waals surface area contributed by atoms with Crippen molar-refractivity contribution in [2.75, 3.05) is 23.8 Å². The first-order chi connectivity index (χ1) is 16.9. The molecule has 3 aromatic rings. The van der Waals surface area contributed by atoms with Crippen LogP contribution in [0.4, 0.5) is 15.8 Å². The number of amides is 2. The van der Waals surface area contributed by atoms with Crippen LogP contribution in [-0.2, 0) is 9.59 Å². The highest BCUT2D eigenvalue weighted by molar-refractivity contribution is 6.34. The molecule has 9 heteroatoms. The average molecular weight is 494 g/mol. The fourth-order valence-electron chi connectivity index (χ4n) is 2.96. The highest BCUT2D eigenvalue weighted by Crippen LogP contribution is 2.30. The third-order valence-electron chi connectivity index (χ3n) is 4.57. The van der Waals surface area contributed by atoms with Crippen molar-refractivity contribution in [3.05, 3.63) is 88.7 Å². The topological polar surface area (TPSA) is 100 Å². The molecule has 7 nitrogen and oxygen atoms in total. The van der Waals surface area contributed by atoms with Gasteiger partial charge in [0.15, 0.2) is 18.1 Å². The summed E-state index contributed by atoms with van der Waals surface area (Å²) >= 11 is 6.06. The van der Waals surface area contributed by atoms with Crippen molar-refractivity contribution in [3.63, 3.8) is 0 Å². The lowest BCUT2D eigenvalue weighted by Crippen LogP contribution is -2.21. The molecule has 0 fully saturated rings. The van der Waals surface area contributed by atoms with Crippen LogP contribution < -0.4 is 20.1 Å². The monoisotopic (exact) mass is 493 g/mol. The van der Waals surface area contributed by atoms with Crippen molar-refractivity contribution in [2.45, 2.75) is 6.92 Å². The molecule has 2 N–H and O–H groups in total. The number of ether oxygens (including phenoxy) is 2. The molecule has 0 aliphatic carbocycles. The summed E-state index contributed by atoms with van der Waals surface area (Å²) in [4.78, 5) is 24.7. The molecule has 3 aromatic carbocycles. The van der Waals surface area contributed by atoms with Gasteiger partial charge in [0, 0.05) is 0 Å². The second-order valence-corrected chi connectivity index (χ2v) is 7.47. The maximum Gasteiger partial charge on any atom is 0.266 e. The largest absolute Gasteiger partial charge is 0.490 e. The molecule has 0 spiro atoms. The molecule has 3 rings (SSSR count). The Bertz CT molecular complexity index is 1300. The number of nitrogens with zero attached hydrogens (tertiary/aromatic N) is 1. The zero-order chi connectivity index (χ0) is 25.2. The van der Waals surface area contributed by atoms with Gasteiger partial charge in [-0.1, -0.05) is 41.9 Å². The van der Waals surface area contributed by atoms with E-state index in [9.17, 15) is 19.2 Å². The lowest BCUT2D eigenvalue weighted by Gasteiger charge is -2.13. The van der Waals surface area contributed by atoms with E-state index in [-0.39, 0.29) is 23.6 Å². The summed E-state index contributed by atoms with van der Waals surface area (Å²) in [5.74, 6) is -1.15. The Morgan fingerprint density at radius 1 is 1.00 bits per heavy atom. The highest BCUT2D eigenvalue weighted by atomic mass is 35.5. The standard InChI is InChI=1S/C26H21ClFN3O4/c1-2-34-24-14-17(13-18(15-29)26(33)31-21-9-5-3-7-19(21)27)11-12-23(24)35-16-25(32)30-22-10-6-4-8-20(22)28/h3-14H,2,16H2,1H3,(H,30,32)(H,31,33). The number of hydrogen-bond donors (Lipinski definition) is 2. The maximum absolute atomic E-state index is 13.7. The number of nitriles is 1. The normalized spacial score (nSPS) is 10.7. The molecule has 0 atom stereocenters. The lowest BCUT2D eigenvalue weighted by atomic mass is 10.1. The molecule has 35 heavy (non-hydrogen) atoms. The average Bonchev–Trinajstić information content (AvgIpc) is 2.85. The van der Waals surface area contributed by atoms with Gasteiger partial charge in [0.25, 0.3) is 11.8 Å². The minimum absolute atomic E-state index is 0.0470. The fraction of sp³-hybridized carbons (Fsp3) is 0.115. The quantitative estimate of drug-likeness (QED) is 0.305. The van der Waals surface area contributed by atoms with Crippen molar-refractivity contribution in [3.8, 4) is 17.6 Å². The first-order valence-electron chi connectivity index (χ1n) is 10.5. The summed E-state index contributed by atoms with van der Waals surface area (Å²) in [5, 5.41) is 14.9. The van der Waals surface area contributed by atoms with E-state index in [1.54, 1.807) is 55.5 Å². The Hall–Kier alpha value is -4.35. The summed E-state index contributed by atoms with van der Waals surface area (Å²) in [6.45, 7) is 1.70. The zero-order valence-electron chi connectivity index (χ0n) is 18.7. The van der Waals surface area contributed by atoms with Crippen molar-refractivity contribution in [1.82, 2.24) is 0 Å². The van der Waals surface area contributed by atoms with Crippen LogP contribution in [-0.4, -0.2) is 25.0 Å². The fourth-order valence-corrected chi connectivity index (χ4v) is 3.14. The van der Waals surface area contributed by atoms with Gasteiger partial charge in [0.2, 0.25) is 0 Å². The number of halogens is 2. The van der Waals surface area contributed by atoms with Crippen LogP contribution >= 0.6 is 11.6 Å². The van der Waals surface area contributed by atoms with Crippen LogP contribution in [0.1, 0.15) is 12.5 Å². The summed E-state index contributed by atoms with van der Waals surface area (Å²) in [6.07, 6.45) is 1.39. The molecule has 178 valence electrons. The molecule has 0 aliphatic rings. The molecule has 0 bridgehead atoms. The molecule has 0 saturated heterocycles. The second-order valence-electron chi connectivity index (χ2n) is 7.06. The highest BCUT2D eigenvalue weighted by Gasteiger charge is 2.14. The Balaban J connectivity index is 1.72. The lowest BCUT2D eigenvalue weighted by molar-refractivity contribution is -0.118. The van der Waals surface area contributed by atoms with Gasteiger partial charge in [-0.05, 0) is 55.0 Å². The number of carbonyl (C=O) groups is 2. The Morgan fingerprint density at radius 3 is 2.40 bits per heavy atom. The SMILES string of the molecule is CCOc1cc(C=C(C#N)C(=O)Nc2ccccc2Cl)ccc1OCC(=O)Nc1ccccc1F. The predicted molar refractivity (Wildman–Crippen MR) is 132 cm³/mol. The summed E-state index contributed by atoms with van der Waals surface area (Å²) < 4.78 is 24.9. The predicted octanol–water partition coefficient (Wildman–Crippen LogP) is 5.44. The number of nitrogens with one attached hydrogen (secondary N) is 2. The van der Waals surface area contributed by atoms with E-state index in [0.717, 1.165) is 0 Å². The molecule has 0 aromatic heterocycles. The van der Waals surface area contributed by atoms with Crippen LogP contribution in [0.15, 0.2) is 72.3 Å². The van der Waals surface area contributed by atoms with Gasteiger partial charge in [-0.3, -0.25) is 9.59 Å². The van der Waals surface area contributed by atoms with E-state index in [1.807, 2.05) is 6.07 Å². The Kier molecular flexibility index (Phi) is 8.82. The first-order valence-corrected chi connectivity index (χ1v) is 10.9. The molecule has 0 unspecified atom stereocenters. The number of rotatable bonds is 9. The van der Waals surface area contributed by atoms with Crippen molar-refractivity contribution in [1.29, 1.82) is 5.26 Å². The van der Waals surface area contributed by atoms with Gasteiger partial charge < -0.3 is 20.1 Å². The second kappa shape index (κ2) is 12.2. The van der Waals surface area contributed by atoms with Gasteiger partial charge in [-0.15, -0.1) is 0 Å². The number of para-hydroxylation sites is 2. The van der Waals surface area contributed by atoms with E-state index in [1.165, 1.54) is 24.3 Å². The molecule has 0 aliphatic heterocycles. The van der Waals surface area contributed by atoms with Gasteiger partial charge in [0.05, 0.1) is 23.0 Å². The van der Waals surface area contributed by atoms with Crippen molar-refractivity contribution < 1.29 is 23.5 Å². The molecule has 0 heterocycles. The Labute approximate surface area is 206 Å². The summed E-state index contributed by atoms with van der Waals surface area (Å²) in [6, 6.07) is 19.1. The van der Waals surface area contributed by atoms with E-state index < -0.39 is 17.6 Å². The number of anilines is 2. The third-order valence-corrected chi connectivity index (χ3v) is 4.90. The molecular weight excluding hydrogens is 473 g/mol. The van der Waals surface area contributed by atoms with Gasteiger partial charge in [-0.2, -0.15) is 5.26 Å².